The van der Waals surface area contributed by atoms with E-state index < -0.39 is 0 Å². The minimum Gasteiger partial charge on any atom is -0.460 e. The summed E-state index contributed by atoms with van der Waals surface area (Å²) in [7, 11) is 0. The molecule has 0 radical (unpaired) electrons. The molecule has 2 aromatic rings. The van der Waals surface area contributed by atoms with Crippen molar-refractivity contribution in [2.45, 2.75) is 26.2 Å². The number of hydrogen-bond acceptors (Lipinski definition) is 3. The summed E-state index contributed by atoms with van der Waals surface area (Å²) in [6.07, 6.45) is 2.72. The summed E-state index contributed by atoms with van der Waals surface area (Å²) in [5, 5.41) is 3.93. The number of hydrazone groups is 1. The lowest BCUT2D eigenvalue weighted by Gasteiger charge is -1.99. The number of nitrogens with zero attached hydrogens (tertiary/aromatic N) is 1. The van der Waals surface area contributed by atoms with Gasteiger partial charge in [-0.2, -0.15) is 5.10 Å². The molecule has 4 nitrogen and oxygen atoms in total. The van der Waals surface area contributed by atoms with E-state index in [4.69, 9.17) is 4.42 Å². The molecule has 4 heteroatoms. The van der Waals surface area contributed by atoms with Gasteiger partial charge in [0.25, 0.3) is 5.91 Å². The van der Waals surface area contributed by atoms with E-state index in [1.807, 2.05) is 31.2 Å². The first-order valence-electron chi connectivity index (χ1n) is 7.13. The number of carbonyl (C=O) groups is 1. The normalized spacial score (nSPS) is 20.7. The molecule has 1 heterocycles. The number of hydrogen-bond donors (Lipinski definition) is 1. The van der Waals surface area contributed by atoms with E-state index in [2.05, 4.69) is 17.5 Å². The largest absolute Gasteiger partial charge is 0.460 e. The number of amides is 1. The van der Waals surface area contributed by atoms with Crippen molar-refractivity contribution in [3.05, 3.63) is 59.0 Å². The van der Waals surface area contributed by atoms with Crippen molar-refractivity contribution in [2.75, 3.05) is 0 Å². The van der Waals surface area contributed by atoms with E-state index in [9.17, 15) is 4.79 Å². The smallest absolute Gasteiger partial charge is 0.271 e. The summed E-state index contributed by atoms with van der Waals surface area (Å²) in [5.41, 5.74) is 4.21. The van der Waals surface area contributed by atoms with Crippen LogP contribution in [0.3, 0.4) is 0 Å². The van der Waals surface area contributed by atoms with E-state index in [-0.39, 0.29) is 5.91 Å². The Morgan fingerprint density at radius 2 is 2.00 bits per heavy atom. The van der Waals surface area contributed by atoms with Crippen LogP contribution in [0.5, 0.6) is 0 Å². The van der Waals surface area contributed by atoms with Crippen molar-refractivity contribution >= 4 is 12.1 Å². The third-order valence-electron chi connectivity index (χ3n) is 3.79. The van der Waals surface area contributed by atoms with Crippen LogP contribution in [0.25, 0.3) is 0 Å². The van der Waals surface area contributed by atoms with Gasteiger partial charge in [-0.1, -0.05) is 24.6 Å². The number of carbonyl (C=O) groups excluding carboxylic acids is 1. The number of furan rings is 1. The lowest BCUT2D eigenvalue weighted by atomic mass is 10.1. The summed E-state index contributed by atoms with van der Waals surface area (Å²) >= 11 is 0. The fraction of sp³-hybridized carbons (Fsp3) is 0.294. The third kappa shape index (κ3) is 3.21. The van der Waals surface area contributed by atoms with Gasteiger partial charge in [-0.3, -0.25) is 4.79 Å². The second kappa shape index (κ2) is 5.56. The molecular weight excluding hydrogens is 264 g/mol. The Kier molecular flexibility index (Phi) is 3.60. The maximum Gasteiger partial charge on any atom is 0.271 e. The molecule has 0 aliphatic heterocycles. The highest BCUT2D eigenvalue weighted by molar-refractivity contribution is 5.94. The van der Waals surface area contributed by atoms with Crippen molar-refractivity contribution in [3.63, 3.8) is 0 Å². The molecule has 1 amide bonds. The molecule has 0 spiro atoms. The van der Waals surface area contributed by atoms with Gasteiger partial charge >= 0.3 is 0 Å². The average Bonchev–Trinajstić information content (AvgIpc) is 3.01. The first-order valence-corrected chi connectivity index (χ1v) is 7.13. The van der Waals surface area contributed by atoms with Crippen LogP contribution in [0.4, 0.5) is 0 Å². The van der Waals surface area contributed by atoms with Gasteiger partial charge in [-0.05, 0) is 43.5 Å². The van der Waals surface area contributed by atoms with Crippen LogP contribution in [0.2, 0.25) is 0 Å². The molecular formula is C17H18N2O2. The van der Waals surface area contributed by atoms with E-state index in [1.54, 1.807) is 12.1 Å². The Balaban J connectivity index is 1.57. The second-order valence-corrected chi connectivity index (χ2v) is 5.62. The molecule has 108 valence electrons. The molecule has 1 aromatic heterocycles. The molecule has 0 saturated heterocycles. The van der Waals surface area contributed by atoms with Gasteiger partial charge in [0, 0.05) is 11.5 Å². The van der Waals surface area contributed by atoms with Crippen LogP contribution in [0, 0.1) is 12.8 Å². The number of nitrogens with one attached hydrogen (secondary N) is 1. The first-order chi connectivity index (χ1) is 10.1. The van der Waals surface area contributed by atoms with Crippen LogP contribution in [0.1, 0.15) is 46.7 Å². The monoisotopic (exact) mass is 282 g/mol. The summed E-state index contributed by atoms with van der Waals surface area (Å²) < 4.78 is 5.68. The van der Waals surface area contributed by atoms with Crippen LogP contribution in [0.15, 0.2) is 45.9 Å². The van der Waals surface area contributed by atoms with Crippen molar-refractivity contribution in [3.8, 4) is 0 Å². The van der Waals surface area contributed by atoms with E-state index in [0.29, 0.717) is 23.2 Å². The molecule has 1 aromatic carbocycles. The summed E-state index contributed by atoms with van der Waals surface area (Å²) in [6.45, 7) is 4.19. The van der Waals surface area contributed by atoms with E-state index in [1.165, 1.54) is 12.6 Å². The van der Waals surface area contributed by atoms with Crippen LogP contribution in [-0.2, 0) is 0 Å². The fourth-order valence-electron chi connectivity index (χ4n) is 2.28. The summed E-state index contributed by atoms with van der Waals surface area (Å²) in [6, 6.07) is 11.2. The highest BCUT2D eigenvalue weighted by atomic mass is 16.3. The molecule has 1 fully saturated rings. The summed E-state index contributed by atoms with van der Waals surface area (Å²) in [5.74, 6) is 2.70. The van der Waals surface area contributed by atoms with Gasteiger partial charge in [-0.15, -0.1) is 0 Å². The molecule has 1 aliphatic carbocycles. The predicted molar refractivity (Wildman–Crippen MR) is 81.5 cm³/mol. The minimum absolute atomic E-state index is 0.228. The van der Waals surface area contributed by atoms with Gasteiger partial charge in [0.05, 0.1) is 6.21 Å². The molecule has 1 aliphatic rings. The van der Waals surface area contributed by atoms with Crippen LogP contribution in [-0.4, -0.2) is 12.1 Å². The Morgan fingerprint density at radius 1 is 1.29 bits per heavy atom. The van der Waals surface area contributed by atoms with Gasteiger partial charge in [0.15, 0.2) is 0 Å². The van der Waals surface area contributed by atoms with Crippen LogP contribution < -0.4 is 5.43 Å². The van der Waals surface area contributed by atoms with Gasteiger partial charge in [-0.25, -0.2) is 5.43 Å². The Hall–Kier alpha value is -2.36. The van der Waals surface area contributed by atoms with Crippen molar-refractivity contribution in [1.29, 1.82) is 0 Å². The predicted octanol–water partition coefficient (Wildman–Crippen LogP) is 3.48. The Labute approximate surface area is 123 Å². The number of rotatable bonds is 4. The van der Waals surface area contributed by atoms with E-state index in [0.717, 1.165) is 11.3 Å². The molecule has 21 heavy (non-hydrogen) atoms. The highest BCUT2D eigenvalue weighted by Crippen LogP contribution is 2.47. The quantitative estimate of drug-likeness (QED) is 0.689. The van der Waals surface area contributed by atoms with Crippen LogP contribution >= 0.6 is 0 Å². The zero-order valence-corrected chi connectivity index (χ0v) is 12.2. The highest BCUT2D eigenvalue weighted by Gasteiger charge is 2.36. The number of aryl methyl sites for hydroxylation is 1. The first kappa shape index (κ1) is 13.6. The van der Waals surface area contributed by atoms with Crippen molar-refractivity contribution < 1.29 is 9.21 Å². The zero-order valence-electron chi connectivity index (χ0n) is 12.2. The second-order valence-electron chi connectivity index (χ2n) is 5.62. The van der Waals surface area contributed by atoms with Gasteiger partial charge < -0.3 is 4.42 Å². The lowest BCUT2D eigenvalue weighted by Crippen LogP contribution is -2.17. The minimum atomic E-state index is -0.228. The molecule has 1 N–H and O–H groups in total. The molecule has 2 atom stereocenters. The molecule has 3 rings (SSSR count). The average molecular weight is 282 g/mol. The molecule has 0 unspecified atom stereocenters. The fourth-order valence-corrected chi connectivity index (χ4v) is 2.28. The maximum absolute atomic E-state index is 11.9. The maximum atomic E-state index is 11.9. The zero-order chi connectivity index (χ0) is 14.8. The lowest BCUT2D eigenvalue weighted by molar-refractivity contribution is 0.0955. The molecule has 0 bridgehead atoms. The third-order valence-corrected chi connectivity index (χ3v) is 3.79. The SMILES string of the molecule is Cc1ccc(C(=O)N/N=C\c2ccc([C@@H]3C[C@@H]3C)o2)cc1. The molecule has 1 saturated carbocycles. The van der Waals surface area contributed by atoms with Gasteiger partial charge in [0.1, 0.15) is 11.5 Å². The topological polar surface area (TPSA) is 54.6 Å². The van der Waals surface area contributed by atoms with Crippen molar-refractivity contribution in [2.24, 2.45) is 11.0 Å². The Morgan fingerprint density at radius 3 is 2.67 bits per heavy atom. The Bertz CT molecular complexity index is 670. The van der Waals surface area contributed by atoms with E-state index >= 15 is 0 Å². The summed E-state index contributed by atoms with van der Waals surface area (Å²) in [4.78, 5) is 11.9. The van der Waals surface area contributed by atoms with Gasteiger partial charge in [0.2, 0.25) is 0 Å². The number of benzene rings is 1. The van der Waals surface area contributed by atoms with Crippen molar-refractivity contribution in [1.82, 2.24) is 5.43 Å². The standard InChI is InChI=1S/C17H18N2O2/c1-11-3-5-13(6-4-11)17(20)19-18-10-14-7-8-16(21-14)15-9-12(15)2/h3-8,10,12,15H,9H2,1-2H3,(H,19,20)/b18-10-/t12-,15+/m0/s1.